The number of benzene rings is 1. The first kappa shape index (κ1) is 18.5. The highest BCUT2D eigenvalue weighted by molar-refractivity contribution is 6.00. The molecule has 0 spiro atoms. The molecule has 5 nitrogen and oxygen atoms in total. The smallest absolute Gasteiger partial charge is 0.259 e. The van der Waals surface area contributed by atoms with Crippen LogP contribution in [-0.4, -0.2) is 35.1 Å². The Labute approximate surface area is 148 Å². The number of carbonyl (C=O) groups excluding carboxylic acids is 1. The molecule has 0 aliphatic carbocycles. The van der Waals surface area contributed by atoms with Crippen molar-refractivity contribution in [3.63, 3.8) is 0 Å². The molecule has 1 atom stereocenters. The van der Waals surface area contributed by atoms with E-state index >= 15 is 0 Å². The SMILES string of the molecule is Cc1onc(-c2ccccc2)c1C(=O)N1CCC(N)C(C)(C)C1.Cl. The van der Waals surface area contributed by atoms with Crippen LogP contribution >= 0.6 is 12.4 Å². The van der Waals surface area contributed by atoms with Crippen LogP contribution in [0.4, 0.5) is 0 Å². The summed E-state index contributed by atoms with van der Waals surface area (Å²) in [4.78, 5) is 14.9. The average molecular weight is 350 g/mol. The van der Waals surface area contributed by atoms with Crippen molar-refractivity contribution in [2.24, 2.45) is 11.1 Å². The van der Waals surface area contributed by atoms with Gasteiger partial charge in [0.25, 0.3) is 5.91 Å². The van der Waals surface area contributed by atoms with E-state index < -0.39 is 0 Å². The van der Waals surface area contributed by atoms with Crippen molar-refractivity contribution in [3.05, 3.63) is 41.7 Å². The second kappa shape index (κ2) is 6.95. The van der Waals surface area contributed by atoms with E-state index in [9.17, 15) is 4.79 Å². The Kier molecular flexibility index (Phi) is 5.35. The fourth-order valence-electron chi connectivity index (χ4n) is 3.12. The maximum absolute atomic E-state index is 13.1. The number of aromatic nitrogens is 1. The number of nitrogens with zero attached hydrogens (tertiary/aromatic N) is 2. The summed E-state index contributed by atoms with van der Waals surface area (Å²) < 4.78 is 5.31. The lowest BCUT2D eigenvalue weighted by atomic mass is 9.79. The summed E-state index contributed by atoms with van der Waals surface area (Å²) >= 11 is 0. The summed E-state index contributed by atoms with van der Waals surface area (Å²) in [5, 5.41) is 4.11. The van der Waals surface area contributed by atoms with Gasteiger partial charge in [-0.05, 0) is 18.8 Å². The van der Waals surface area contributed by atoms with Gasteiger partial charge in [-0.3, -0.25) is 4.79 Å². The van der Waals surface area contributed by atoms with E-state index in [0.29, 0.717) is 30.1 Å². The Morgan fingerprint density at radius 1 is 1.33 bits per heavy atom. The Morgan fingerprint density at radius 2 is 2.00 bits per heavy atom. The molecule has 1 saturated heterocycles. The van der Waals surface area contributed by atoms with Gasteiger partial charge in [0.2, 0.25) is 0 Å². The maximum Gasteiger partial charge on any atom is 0.259 e. The molecule has 2 aromatic rings. The molecular formula is C18H24ClN3O2. The lowest BCUT2D eigenvalue weighted by Crippen LogP contribution is -2.54. The minimum atomic E-state index is -0.0914. The van der Waals surface area contributed by atoms with E-state index in [-0.39, 0.29) is 29.8 Å². The van der Waals surface area contributed by atoms with Gasteiger partial charge in [0.1, 0.15) is 17.0 Å². The van der Waals surface area contributed by atoms with Crippen LogP contribution in [0.1, 0.15) is 36.4 Å². The number of nitrogens with two attached hydrogens (primary N) is 1. The first-order chi connectivity index (χ1) is 10.9. The normalized spacial score (nSPS) is 19.7. The highest BCUT2D eigenvalue weighted by Crippen LogP contribution is 2.31. The summed E-state index contributed by atoms with van der Waals surface area (Å²) in [6.45, 7) is 7.31. The van der Waals surface area contributed by atoms with Gasteiger partial charge < -0.3 is 15.2 Å². The summed E-state index contributed by atoms with van der Waals surface area (Å²) in [5.74, 6) is 0.532. The number of halogens is 1. The monoisotopic (exact) mass is 349 g/mol. The van der Waals surface area contributed by atoms with E-state index in [1.807, 2.05) is 35.2 Å². The van der Waals surface area contributed by atoms with Crippen molar-refractivity contribution in [2.75, 3.05) is 13.1 Å². The third kappa shape index (κ3) is 3.32. The predicted molar refractivity (Wildman–Crippen MR) is 96.2 cm³/mol. The second-order valence-electron chi connectivity index (χ2n) is 6.94. The van der Waals surface area contributed by atoms with E-state index in [4.69, 9.17) is 10.3 Å². The van der Waals surface area contributed by atoms with Crippen molar-refractivity contribution >= 4 is 18.3 Å². The van der Waals surface area contributed by atoms with Crippen LogP contribution in [0.2, 0.25) is 0 Å². The predicted octanol–water partition coefficient (Wildman–Crippen LogP) is 3.27. The minimum absolute atomic E-state index is 0. The highest BCUT2D eigenvalue weighted by atomic mass is 35.5. The van der Waals surface area contributed by atoms with E-state index in [1.165, 1.54) is 0 Å². The lowest BCUT2D eigenvalue weighted by Gasteiger charge is -2.42. The third-order valence-electron chi connectivity index (χ3n) is 4.72. The van der Waals surface area contributed by atoms with Crippen LogP contribution in [-0.2, 0) is 0 Å². The van der Waals surface area contributed by atoms with E-state index in [0.717, 1.165) is 12.0 Å². The zero-order valence-corrected chi connectivity index (χ0v) is 15.1. The molecule has 2 N–H and O–H groups in total. The molecule has 1 aromatic carbocycles. The minimum Gasteiger partial charge on any atom is -0.360 e. The largest absolute Gasteiger partial charge is 0.360 e. The number of likely N-dealkylation sites (tertiary alicyclic amines) is 1. The molecule has 0 bridgehead atoms. The molecule has 24 heavy (non-hydrogen) atoms. The molecule has 0 saturated carbocycles. The second-order valence-corrected chi connectivity index (χ2v) is 6.94. The summed E-state index contributed by atoms with van der Waals surface area (Å²) in [7, 11) is 0. The molecular weight excluding hydrogens is 326 g/mol. The molecule has 1 fully saturated rings. The van der Waals surface area contributed by atoms with Gasteiger partial charge in [-0.15, -0.1) is 12.4 Å². The first-order valence-corrected chi connectivity index (χ1v) is 7.96. The Bertz CT molecular complexity index is 712. The molecule has 3 rings (SSSR count). The maximum atomic E-state index is 13.1. The molecule has 1 unspecified atom stereocenters. The Balaban J connectivity index is 0.00000208. The number of hydrogen-bond acceptors (Lipinski definition) is 4. The van der Waals surface area contributed by atoms with Crippen molar-refractivity contribution in [2.45, 2.75) is 33.2 Å². The molecule has 1 amide bonds. The van der Waals surface area contributed by atoms with Crippen molar-refractivity contribution < 1.29 is 9.32 Å². The quantitative estimate of drug-likeness (QED) is 0.903. The molecule has 130 valence electrons. The summed E-state index contributed by atoms with van der Waals surface area (Å²) in [6.07, 6.45) is 0.809. The number of carbonyl (C=O) groups is 1. The number of amides is 1. The van der Waals surface area contributed by atoms with Gasteiger partial charge in [-0.2, -0.15) is 0 Å². The standard InChI is InChI=1S/C18H23N3O2.ClH/c1-12-15(16(20-23-12)13-7-5-4-6-8-13)17(22)21-10-9-14(19)18(2,3)11-21;/h4-8,14H,9-11,19H2,1-3H3;1H. The van der Waals surface area contributed by atoms with Crippen LogP contribution in [0, 0.1) is 12.3 Å². The number of piperidine rings is 1. The number of rotatable bonds is 2. The topological polar surface area (TPSA) is 72.4 Å². The fraction of sp³-hybridized carbons (Fsp3) is 0.444. The van der Waals surface area contributed by atoms with Gasteiger partial charge in [0.15, 0.2) is 0 Å². The molecule has 1 aliphatic rings. The highest BCUT2D eigenvalue weighted by Gasteiger charge is 2.37. The summed E-state index contributed by atoms with van der Waals surface area (Å²) in [6, 6.07) is 9.78. The number of aryl methyl sites for hydroxylation is 1. The van der Waals surface area contributed by atoms with Gasteiger partial charge in [-0.1, -0.05) is 49.3 Å². The Morgan fingerprint density at radius 3 is 2.62 bits per heavy atom. The molecule has 2 heterocycles. The van der Waals surface area contributed by atoms with E-state index in [1.54, 1.807) is 6.92 Å². The van der Waals surface area contributed by atoms with Crippen LogP contribution in [0.25, 0.3) is 11.3 Å². The van der Waals surface area contributed by atoms with Crippen molar-refractivity contribution in [1.29, 1.82) is 0 Å². The van der Waals surface area contributed by atoms with Crippen molar-refractivity contribution in [1.82, 2.24) is 10.1 Å². The van der Waals surface area contributed by atoms with Crippen LogP contribution in [0.5, 0.6) is 0 Å². The fourth-order valence-corrected chi connectivity index (χ4v) is 3.12. The number of hydrogen-bond donors (Lipinski definition) is 1. The van der Waals surface area contributed by atoms with Crippen LogP contribution in [0.15, 0.2) is 34.9 Å². The molecule has 6 heteroatoms. The molecule has 1 aliphatic heterocycles. The Hall–Kier alpha value is -1.85. The zero-order valence-electron chi connectivity index (χ0n) is 14.3. The van der Waals surface area contributed by atoms with Crippen molar-refractivity contribution in [3.8, 4) is 11.3 Å². The van der Waals surface area contributed by atoms with Gasteiger partial charge >= 0.3 is 0 Å². The van der Waals surface area contributed by atoms with Crippen LogP contribution in [0.3, 0.4) is 0 Å². The molecule has 0 radical (unpaired) electrons. The first-order valence-electron chi connectivity index (χ1n) is 7.96. The van der Waals surface area contributed by atoms with Gasteiger partial charge in [0.05, 0.1) is 0 Å². The van der Waals surface area contributed by atoms with E-state index in [2.05, 4.69) is 19.0 Å². The average Bonchev–Trinajstić information content (AvgIpc) is 2.92. The van der Waals surface area contributed by atoms with Gasteiger partial charge in [0, 0.05) is 24.7 Å². The van der Waals surface area contributed by atoms with Gasteiger partial charge in [-0.25, -0.2) is 0 Å². The third-order valence-corrected chi connectivity index (χ3v) is 4.72. The summed E-state index contributed by atoms with van der Waals surface area (Å²) in [5.41, 5.74) is 8.14. The van der Waals surface area contributed by atoms with Crippen LogP contribution < -0.4 is 5.73 Å². The lowest BCUT2D eigenvalue weighted by molar-refractivity contribution is 0.0532. The zero-order chi connectivity index (χ0) is 16.6. The molecule has 1 aromatic heterocycles.